The standard InChI is InChI=1S/C11H16N2/c1-2-3-7-12-9-6-11-5-4-8-13-10-11/h2,4-5,8,10,12H,1,3,6-7,9H2. The summed E-state index contributed by atoms with van der Waals surface area (Å²) in [7, 11) is 0. The molecule has 0 amide bonds. The summed E-state index contributed by atoms with van der Waals surface area (Å²) in [6.07, 6.45) is 7.72. The minimum absolute atomic E-state index is 1.01. The van der Waals surface area contributed by atoms with Gasteiger partial charge in [0.15, 0.2) is 0 Å². The van der Waals surface area contributed by atoms with Crippen LogP contribution in [-0.4, -0.2) is 18.1 Å². The number of rotatable bonds is 6. The molecule has 2 heteroatoms. The molecule has 0 bridgehead atoms. The molecule has 1 heterocycles. The van der Waals surface area contributed by atoms with Gasteiger partial charge in [0.25, 0.3) is 0 Å². The highest BCUT2D eigenvalue weighted by Gasteiger charge is 1.90. The summed E-state index contributed by atoms with van der Waals surface area (Å²) >= 11 is 0. The van der Waals surface area contributed by atoms with Crippen LogP contribution < -0.4 is 5.32 Å². The fourth-order valence-electron chi connectivity index (χ4n) is 1.11. The predicted molar refractivity (Wildman–Crippen MR) is 55.6 cm³/mol. The summed E-state index contributed by atoms with van der Waals surface area (Å²) in [5, 5.41) is 3.34. The molecule has 1 rings (SSSR count). The zero-order valence-electron chi connectivity index (χ0n) is 7.87. The summed E-state index contributed by atoms with van der Waals surface area (Å²) in [4.78, 5) is 4.06. The Bertz CT molecular complexity index is 231. The molecular weight excluding hydrogens is 160 g/mol. The van der Waals surface area contributed by atoms with Gasteiger partial charge in [-0.15, -0.1) is 6.58 Å². The van der Waals surface area contributed by atoms with Crippen LogP contribution in [0.25, 0.3) is 0 Å². The van der Waals surface area contributed by atoms with Gasteiger partial charge in [-0.25, -0.2) is 0 Å². The molecule has 1 aromatic rings. The number of nitrogens with one attached hydrogen (secondary N) is 1. The van der Waals surface area contributed by atoms with E-state index in [-0.39, 0.29) is 0 Å². The monoisotopic (exact) mass is 176 g/mol. The van der Waals surface area contributed by atoms with Crippen LogP contribution in [0.3, 0.4) is 0 Å². The fourth-order valence-corrected chi connectivity index (χ4v) is 1.11. The third-order valence-electron chi connectivity index (χ3n) is 1.84. The van der Waals surface area contributed by atoms with Crippen LogP contribution in [0.5, 0.6) is 0 Å². The van der Waals surface area contributed by atoms with Crippen LogP contribution in [0.2, 0.25) is 0 Å². The molecule has 0 aliphatic rings. The van der Waals surface area contributed by atoms with Crippen molar-refractivity contribution in [3.63, 3.8) is 0 Å². The van der Waals surface area contributed by atoms with Crippen LogP contribution in [0.1, 0.15) is 12.0 Å². The Morgan fingerprint density at radius 2 is 2.38 bits per heavy atom. The first-order valence-corrected chi connectivity index (χ1v) is 4.64. The zero-order valence-corrected chi connectivity index (χ0v) is 7.87. The first kappa shape index (κ1) is 9.93. The number of hydrogen-bond donors (Lipinski definition) is 1. The van der Waals surface area contributed by atoms with Crippen molar-refractivity contribution in [3.05, 3.63) is 42.7 Å². The van der Waals surface area contributed by atoms with Crippen molar-refractivity contribution in [1.82, 2.24) is 10.3 Å². The molecule has 0 spiro atoms. The van der Waals surface area contributed by atoms with E-state index in [0.29, 0.717) is 0 Å². The third-order valence-corrected chi connectivity index (χ3v) is 1.84. The van der Waals surface area contributed by atoms with E-state index in [1.807, 2.05) is 18.3 Å². The molecule has 1 aromatic heterocycles. The summed E-state index contributed by atoms with van der Waals surface area (Å²) in [6.45, 7) is 5.70. The first-order chi connectivity index (χ1) is 6.43. The summed E-state index contributed by atoms with van der Waals surface area (Å²) < 4.78 is 0. The van der Waals surface area contributed by atoms with E-state index in [1.54, 1.807) is 6.20 Å². The smallest absolute Gasteiger partial charge is 0.0300 e. The SMILES string of the molecule is C=CCCNCCc1cccnc1. The van der Waals surface area contributed by atoms with Crippen molar-refractivity contribution in [3.8, 4) is 0 Å². The molecule has 0 fully saturated rings. The second-order valence-corrected chi connectivity index (χ2v) is 2.94. The number of hydrogen-bond acceptors (Lipinski definition) is 2. The van der Waals surface area contributed by atoms with Gasteiger partial charge in [-0.2, -0.15) is 0 Å². The van der Waals surface area contributed by atoms with Crippen LogP contribution in [0.4, 0.5) is 0 Å². The van der Waals surface area contributed by atoms with Gasteiger partial charge in [-0.1, -0.05) is 12.1 Å². The van der Waals surface area contributed by atoms with E-state index in [2.05, 4.69) is 22.9 Å². The molecule has 0 saturated carbocycles. The van der Waals surface area contributed by atoms with E-state index in [9.17, 15) is 0 Å². The van der Waals surface area contributed by atoms with Gasteiger partial charge < -0.3 is 5.32 Å². The van der Waals surface area contributed by atoms with E-state index in [4.69, 9.17) is 0 Å². The van der Waals surface area contributed by atoms with E-state index in [1.165, 1.54) is 5.56 Å². The van der Waals surface area contributed by atoms with Gasteiger partial charge in [-0.05, 0) is 37.6 Å². The quantitative estimate of drug-likeness (QED) is 0.528. The summed E-state index contributed by atoms with van der Waals surface area (Å²) in [6, 6.07) is 4.07. The van der Waals surface area contributed by atoms with Gasteiger partial charge in [0.1, 0.15) is 0 Å². The average Bonchev–Trinajstić information content (AvgIpc) is 2.19. The zero-order chi connectivity index (χ0) is 9.36. The van der Waals surface area contributed by atoms with Crippen LogP contribution >= 0.6 is 0 Å². The van der Waals surface area contributed by atoms with Crippen molar-refractivity contribution >= 4 is 0 Å². The molecule has 0 aliphatic heterocycles. The van der Waals surface area contributed by atoms with E-state index in [0.717, 1.165) is 25.9 Å². The Hall–Kier alpha value is -1.15. The van der Waals surface area contributed by atoms with Crippen molar-refractivity contribution in [2.75, 3.05) is 13.1 Å². The molecule has 0 aliphatic carbocycles. The topological polar surface area (TPSA) is 24.9 Å². The second-order valence-electron chi connectivity index (χ2n) is 2.94. The van der Waals surface area contributed by atoms with E-state index >= 15 is 0 Å². The molecular formula is C11H16N2. The highest BCUT2D eigenvalue weighted by molar-refractivity contribution is 5.08. The molecule has 70 valence electrons. The molecule has 0 saturated heterocycles. The lowest BCUT2D eigenvalue weighted by Gasteiger charge is -2.02. The highest BCUT2D eigenvalue weighted by Crippen LogP contribution is 1.95. The summed E-state index contributed by atoms with van der Waals surface area (Å²) in [5.74, 6) is 0. The van der Waals surface area contributed by atoms with Crippen LogP contribution in [0.15, 0.2) is 37.2 Å². The van der Waals surface area contributed by atoms with Gasteiger partial charge in [-0.3, -0.25) is 4.98 Å². The summed E-state index contributed by atoms with van der Waals surface area (Å²) in [5.41, 5.74) is 1.29. The lowest BCUT2D eigenvalue weighted by atomic mass is 10.2. The molecule has 0 radical (unpaired) electrons. The molecule has 0 atom stereocenters. The molecule has 0 aromatic carbocycles. The largest absolute Gasteiger partial charge is 0.316 e. The van der Waals surface area contributed by atoms with Crippen LogP contribution in [0, 0.1) is 0 Å². The van der Waals surface area contributed by atoms with Gasteiger partial charge in [0.05, 0.1) is 0 Å². The molecule has 2 nitrogen and oxygen atoms in total. The van der Waals surface area contributed by atoms with Crippen molar-refractivity contribution < 1.29 is 0 Å². The maximum Gasteiger partial charge on any atom is 0.0300 e. The lowest BCUT2D eigenvalue weighted by molar-refractivity contribution is 0.688. The normalized spacial score (nSPS) is 9.85. The number of aromatic nitrogens is 1. The minimum atomic E-state index is 1.01. The predicted octanol–water partition coefficient (Wildman–Crippen LogP) is 1.79. The number of pyridine rings is 1. The van der Waals surface area contributed by atoms with Gasteiger partial charge in [0, 0.05) is 12.4 Å². The second kappa shape index (κ2) is 6.38. The van der Waals surface area contributed by atoms with Gasteiger partial charge in [0.2, 0.25) is 0 Å². The highest BCUT2D eigenvalue weighted by atomic mass is 14.8. The maximum atomic E-state index is 4.06. The average molecular weight is 176 g/mol. The molecule has 13 heavy (non-hydrogen) atoms. The van der Waals surface area contributed by atoms with Crippen molar-refractivity contribution in [2.24, 2.45) is 0 Å². The Kier molecular flexibility index (Phi) is 4.87. The Morgan fingerprint density at radius 3 is 3.08 bits per heavy atom. The lowest BCUT2D eigenvalue weighted by Crippen LogP contribution is -2.17. The van der Waals surface area contributed by atoms with Gasteiger partial charge >= 0.3 is 0 Å². The van der Waals surface area contributed by atoms with Crippen LogP contribution in [-0.2, 0) is 6.42 Å². The maximum absolute atomic E-state index is 4.06. The van der Waals surface area contributed by atoms with Crippen molar-refractivity contribution in [1.29, 1.82) is 0 Å². The number of nitrogens with zero attached hydrogens (tertiary/aromatic N) is 1. The Morgan fingerprint density at radius 1 is 1.46 bits per heavy atom. The van der Waals surface area contributed by atoms with Crippen molar-refractivity contribution in [2.45, 2.75) is 12.8 Å². The Labute approximate surface area is 79.7 Å². The molecule has 1 N–H and O–H groups in total. The fraction of sp³-hybridized carbons (Fsp3) is 0.364. The van der Waals surface area contributed by atoms with E-state index < -0.39 is 0 Å². The first-order valence-electron chi connectivity index (χ1n) is 4.64. The third kappa shape index (κ3) is 4.43. The molecule has 0 unspecified atom stereocenters. The minimum Gasteiger partial charge on any atom is -0.316 e. The Balaban J connectivity index is 2.10.